The van der Waals surface area contributed by atoms with Crippen molar-refractivity contribution in [2.45, 2.75) is 18.4 Å². The Hall–Kier alpha value is -2.37. The lowest BCUT2D eigenvalue weighted by Gasteiger charge is -2.47. The lowest BCUT2D eigenvalue weighted by molar-refractivity contribution is 0.0863. The van der Waals surface area contributed by atoms with Crippen LogP contribution < -0.4 is 10.3 Å². The maximum absolute atomic E-state index is 12.7. The normalized spacial score (nSPS) is 24.1. The van der Waals surface area contributed by atoms with E-state index >= 15 is 0 Å². The molecule has 1 fully saturated rings. The molecular formula is C24H31N3O2. The monoisotopic (exact) mass is 393 g/mol. The second-order valence-corrected chi connectivity index (χ2v) is 8.58. The molecule has 2 aliphatic rings. The number of benzene rings is 1. The standard InChI is InChI=1S/C24H31N3O2/c1-25(2)17-23-20-14-19(22-7-4-8-24(28)27(22)23)15-26(16-20)13-5-6-18-9-11-21(29-3)12-10-18/h4-12,19-20,23H,13-17H2,1-3H3/t19-,20+,23+/m1/s1. The van der Waals surface area contributed by atoms with Gasteiger partial charge >= 0.3 is 0 Å². The lowest BCUT2D eigenvalue weighted by Crippen LogP contribution is -2.51. The molecule has 5 nitrogen and oxygen atoms in total. The van der Waals surface area contributed by atoms with E-state index in [0.29, 0.717) is 11.8 Å². The van der Waals surface area contributed by atoms with E-state index in [9.17, 15) is 4.79 Å². The molecule has 1 aromatic heterocycles. The molecule has 4 rings (SSSR count). The molecule has 0 amide bonds. The first-order chi connectivity index (χ1) is 14.0. The third-order valence-electron chi connectivity index (χ3n) is 6.22. The third-order valence-corrected chi connectivity index (χ3v) is 6.22. The van der Waals surface area contributed by atoms with Crippen LogP contribution in [0, 0.1) is 5.92 Å². The van der Waals surface area contributed by atoms with Gasteiger partial charge in [0, 0.05) is 43.9 Å². The van der Waals surface area contributed by atoms with Gasteiger partial charge in [-0.05, 0) is 50.2 Å². The summed E-state index contributed by atoms with van der Waals surface area (Å²) in [5.74, 6) is 1.83. The molecule has 0 radical (unpaired) electrons. The Morgan fingerprint density at radius 3 is 2.66 bits per heavy atom. The van der Waals surface area contributed by atoms with Gasteiger partial charge in [-0.1, -0.05) is 30.4 Å². The van der Waals surface area contributed by atoms with Crippen molar-refractivity contribution in [2.75, 3.05) is 47.4 Å². The molecule has 2 bridgehead atoms. The number of hydrogen-bond donors (Lipinski definition) is 0. The van der Waals surface area contributed by atoms with E-state index in [2.05, 4.69) is 58.8 Å². The van der Waals surface area contributed by atoms with Crippen molar-refractivity contribution in [3.05, 3.63) is 70.2 Å². The van der Waals surface area contributed by atoms with Crippen molar-refractivity contribution in [2.24, 2.45) is 5.92 Å². The van der Waals surface area contributed by atoms with Crippen LogP contribution in [0.15, 0.2) is 53.3 Å². The minimum Gasteiger partial charge on any atom is -0.497 e. The fourth-order valence-electron chi connectivity index (χ4n) is 4.95. The van der Waals surface area contributed by atoms with Gasteiger partial charge in [-0.2, -0.15) is 0 Å². The number of likely N-dealkylation sites (N-methyl/N-ethyl adjacent to an activating group) is 1. The van der Waals surface area contributed by atoms with E-state index in [1.807, 2.05) is 18.2 Å². The highest BCUT2D eigenvalue weighted by Gasteiger charge is 2.40. The number of pyridine rings is 1. The van der Waals surface area contributed by atoms with Gasteiger partial charge in [-0.25, -0.2) is 0 Å². The Morgan fingerprint density at radius 2 is 1.93 bits per heavy atom. The van der Waals surface area contributed by atoms with E-state index in [0.717, 1.165) is 31.9 Å². The maximum Gasteiger partial charge on any atom is 0.251 e. The van der Waals surface area contributed by atoms with Crippen LogP contribution >= 0.6 is 0 Å². The summed E-state index contributed by atoms with van der Waals surface area (Å²) in [7, 11) is 5.88. The quantitative estimate of drug-likeness (QED) is 0.756. The summed E-state index contributed by atoms with van der Waals surface area (Å²) in [5.41, 5.74) is 2.55. The van der Waals surface area contributed by atoms with Crippen molar-refractivity contribution in [3.63, 3.8) is 0 Å². The number of rotatable bonds is 6. The second kappa shape index (κ2) is 8.56. The van der Waals surface area contributed by atoms with Crippen molar-refractivity contribution in [1.82, 2.24) is 14.4 Å². The second-order valence-electron chi connectivity index (χ2n) is 8.58. The Kier molecular flexibility index (Phi) is 5.88. The first-order valence-electron chi connectivity index (χ1n) is 10.4. The van der Waals surface area contributed by atoms with Crippen molar-refractivity contribution >= 4 is 6.08 Å². The summed E-state index contributed by atoms with van der Waals surface area (Å²) < 4.78 is 7.31. The lowest BCUT2D eigenvalue weighted by atomic mass is 9.78. The summed E-state index contributed by atoms with van der Waals surface area (Å²) in [6.45, 7) is 3.90. The SMILES string of the molecule is COc1ccc(C=CCN2C[C@H]3C[C@@H](C2)[C@H](CN(C)C)n2c3cccc2=O)cc1. The molecule has 2 aliphatic heterocycles. The number of aromatic nitrogens is 1. The number of ether oxygens (including phenoxy) is 1. The van der Waals surface area contributed by atoms with Gasteiger partial charge < -0.3 is 14.2 Å². The van der Waals surface area contributed by atoms with E-state index < -0.39 is 0 Å². The number of likely N-dealkylation sites (tertiary alicyclic amines) is 1. The molecule has 0 N–H and O–H groups in total. The number of methoxy groups -OCH3 is 1. The van der Waals surface area contributed by atoms with E-state index in [1.54, 1.807) is 13.2 Å². The van der Waals surface area contributed by atoms with E-state index in [1.165, 1.54) is 17.7 Å². The van der Waals surface area contributed by atoms with Gasteiger partial charge in [0.25, 0.3) is 5.56 Å². The van der Waals surface area contributed by atoms with Crippen molar-refractivity contribution in [1.29, 1.82) is 0 Å². The molecule has 154 valence electrons. The number of fused-ring (bicyclic) bond motifs is 4. The predicted molar refractivity (Wildman–Crippen MR) is 118 cm³/mol. The molecule has 3 atom stereocenters. The van der Waals surface area contributed by atoms with Gasteiger partial charge in [-0.15, -0.1) is 0 Å². The maximum atomic E-state index is 12.7. The van der Waals surface area contributed by atoms with Crippen LogP contribution in [0.4, 0.5) is 0 Å². The smallest absolute Gasteiger partial charge is 0.251 e. The Bertz CT molecular complexity index is 916. The highest BCUT2D eigenvalue weighted by atomic mass is 16.5. The molecule has 0 saturated carbocycles. The van der Waals surface area contributed by atoms with Gasteiger partial charge in [0.05, 0.1) is 13.2 Å². The molecule has 29 heavy (non-hydrogen) atoms. The minimum atomic E-state index is 0.150. The van der Waals surface area contributed by atoms with Crippen LogP contribution in [0.3, 0.4) is 0 Å². The van der Waals surface area contributed by atoms with Crippen LogP contribution in [0.5, 0.6) is 5.75 Å². The van der Waals surface area contributed by atoms with E-state index in [-0.39, 0.29) is 11.6 Å². The summed E-state index contributed by atoms with van der Waals surface area (Å²) in [6, 6.07) is 14.2. The highest BCUT2D eigenvalue weighted by Crippen LogP contribution is 2.41. The average Bonchev–Trinajstić information content (AvgIpc) is 2.71. The zero-order chi connectivity index (χ0) is 20.4. The Balaban J connectivity index is 1.50. The summed E-state index contributed by atoms with van der Waals surface area (Å²) in [5, 5.41) is 0. The van der Waals surface area contributed by atoms with Crippen molar-refractivity contribution in [3.8, 4) is 5.75 Å². The molecule has 1 aromatic carbocycles. The minimum absolute atomic E-state index is 0.150. The summed E-state index contributed by atoms with van der Waals surface area (Å²) >= 11 is 0. The molecule has 0 aliphatic carbocycles. The third kappa shape index (κ3) is 4.31. The summed E-state index contributed by atoms with van der Waals surface area (Å²) in [4.78, 5) is 17.4. The van der Waals surface area contributed by atoms with Gasteiger partial charge in [0.1, 0.15) is 5.75 Å². The van der Waals surface area contributed by atoms with Gasteiger partial charge in [0.15, 0.2) is 0 Å². The molecule has 5 heteroatoms. The van der Waals surface area contributed by atoms with Gasteiger partial charge in [-0.3, -0.25) is 9.69 Å². The molecule has 2 aromatic rings. The van der Waals surface area contributed by atoms with Crippen molar-refractivity contribution < 1.29 is 4.74 Å². The first kappa shape index (κ1) is 19.9. The van der Waals surface area contributed by atoms with Gasteiger partial charge in [0.2, 0.25) is 0 Å². The Morgan fingerprint density at radius 1 is 1.14 bits per heavy atom. The predicted octanol–water partition coefficient (Wildman–Crippen LogP) is 3.09. The molecule has 0 spiro atoms. The Labute approximate surface area is 173 Å². The fourth-order valence-corrected chi connectivity index (χ4v) is 4.95. The number of piperidine rings is 1. The zero-order valence-corrected chi connectivity index (χ0v) is 17.6. The molecule has 0 unspecified atom stereocenters. The van der Waals surface area contributed by atoms with Crippen LogP contribution in [-0.2, 0) is 0 Å². The fraction of sp³-hybridized carbons (Fsp3) is 0.458. The van der Waals surface area contributed by atoms with Crippen LogP contribution in [0.1, 0.15) is 29.6 Å². The van der Waals surface area contributed by atoms with E-state index in [4.69, 9.17) is 4.74 Å². The largest absolute Gasteiger partial charge is 0.497 e. The van der Waals surface area contributed by atoms with Crippen LogP contribution in [-0.4, -0.2) is 61.8 Å². The zero-order valence-electron chi connectivity index (χ0n) is 17.6. The van der Waals surface area contributed by atoms with Crippen LogP contribution in [0.25, 0.3) is 6.08 Å². The molecular weight excluding hydrogens is 362 g/mol. The number of nitrogens with zero attached hydrogens (tertiary/aromatic N) is 3. The first-order valence-corrected chi connectivity index (χ1v) is 10.4. The average molecular weight is 394 g/mol. The highest BCUT2D eigenvalue weighted by molar-refractivity contribution is 5.50. The van der Waals surface area contributed by atoms with Crippen LogP contribution in [0.2, 0.25) is 0 Å². The molecule has 3 heterocycles. The topological polar surface area (TPSA) is 37.7 Å². The number of hydrogen-bond acceptors (Lipinski definition) is 4. The summed E-state index contributed by atoms with van der Waals surface area (Å²) in [6.07, 6.45) is 5.61. The molecule has 1 saturated heterocycles.